The third-order valence-electron chi connectivity index (χ3n) is 4.31. The van der Waals surface area contributed by atoms with Gasteiger partial charge in [0.15, 0.2) is 0 Å². The maximum absolute atomic E-state index is 12.8. The van der Waals surface area contributed by atoms with Gasteiger partial charge in [-0.1, -0.05) is 29.8 Å². The molecule has 2 heterocycles. The van der Waals surface area contributed by atoms with Crippen LogP contribution in [0.5, 0.6) is 0 Å². The number of nitrogens with zero attached hydrogens (tertiary/aromatic N) is 2. The number of halogens is 1. The fraction of sp³-hybridized carbons (Fsp3) is 0.0500. The Morgan fingerprint density at radius 2 is 1.82 bits per heavy atom. The molecule has 0 unspecified atom stereocenters. The van der Waals surface area contributed by atoms with Crippen LogP contribution in [0.15, 0.2) is 59.6 Å². The molecule has 3 amide bonds. The third kappa shape index (κ3) is 3.30. The van der Waals surface area contributed by atoms with Gasteiger partial charge in [-0.3, -0.25) is 14.4 Å². The van der Waals surface area contributed by atoms with Crippen molar-refractivity contribution >= 4 is 63.1 Å². The van der Waals surface area contributed by atoms with Gasteiger partial charge in [-0.25, -0.2) is 4.90 Å². The maximum Gasteiger partial charge on any atom is 0.298 e. The summed E-state index contributed by atoms with van der Waals surface area (Å²) < 4.78 is 1.73. The van der Waals surface area contributed by atoms with Crippen LogP contribution in [0.25, 0.3) is 17.0 Å². The number of benzene rings is 2. The Bertz CT molecular complexity index is 1150. The number of amides is 3. The van der Waals surface area contributed by atoms with Gasteiger partial charge in [-0.15, -0.1) is 0 Å². The van der Waals surface area contributed by atoms with Crippen LogP contribution in [0.3, 0.4) is 0 Å². The van der Waals surface area contributed by atoms with E-state index < -0.39 is 11.8 Å². The van der Waals surface area contributed by atoms with E-state index in [0.717, 1.165) is 33.1 Å². The lowest BCUT2D eigenvalue weighted by molar-refractivity contribution is -0.118. The molecule has 0 saturated carbocycles. The molecule has 0 radical (unpaired) electrons. The van der Waals surface area contributed by atoms with Crippen molar-refractivity contribution in [3.05, 3.63) is 70.2 Å². The summed E-state index contributed by atoms with van der Waals surface area (Å²) in [5.41, 5.74) is 7.35. The van der Waals surface area contributed by atoms with E-state index >= 15 is 0 Å². The smallest absolute Gasteiger partial charge is 0.298 e. The van der Waals surface area contributed by atoms with Crippen molar-refractivity contribution in [3.63, 3.8) is 0 Å². The normalized spacial score (nSPS) is 15.8. The molecule has 1 aromatic heterocycles. The molecule has 0 spiro atoms. The number of hydrogen-bond acceptors (Lipinski definition) is 4. The number of aromatic nitrogens is 1. The zero-order valence-corrected chi connectivity index (χ0v) is 16.0. The number of fused-ring (bicyclic) bond motifs is 1. The zero-order chi connectivity index (χ0) is 19.8. The van der Waals surface area contributed by atoms with Crippen molar-refractivity contribution in [2.24, 2.45) is 5.73 Å². The number of primary amides is 1. The highest BCUT2D eigenvalue weighted by atomic mass is 35.5. The van der Waals surface area contributed by atoms with E-state index in [2.05, 4.69) is 0 Å². The second kappa shape index (κ2) is 7.18. The molecule has 2 N–H and O–H groups in total. The van der Waals surface area contributed by atoms with Crippen LogP contribution in [0.2, 0.25) is 5.02 Å². The Labute approximate surface area is 169 Å². The average molecular weight is 412 g/mol. The van der Waals surface area contributed by atoms with E-state index in [9.17, 15) is 14.4 Å². The molecule has 1 aliphatic rings. The second-order valence-corrected chi connectivity index (χ2v) is 7.62. The highest BCUT2D eigenvalue weighted by Crippen LogP contribution is 2.37. The second-order valence-electron chi connectivity index (χ2n) is 6.19. The molecule has 1 saturated heterocycles. The van der Waals surface area contributed by atoms with Gasteiger partial charge in [0.25, 0.3) is 11.1 Å². The first-order valence-electron chi connectivity index (χ1n) is 8.34. The fourth-order valence-electron chi connectivity index (χ4n) is 3.11. The van der Waals surface area contributed by atoms with Gasteiger partial charge in [-0.2, -0.15) is 0 Å². The Hall–Kier alpha value is -3.03. The summed E-state index contributed by atoms with van der Waals surface area (Å²) in [6, 6.07) is 14.0. The third-order valence-corrected chi connectivity index (χ3v) is 5.43. The van der Waals surface area contributed by atoms with Gasteiger partial charge >= 0.3 is 0 Å². The minimum atomic E-state index is -0.463. The topological polar surface area (TPSA) is 85.4 Å². The lowest BCUT2D eigenvalue weighted by atomic mass is 10.1. The zero-order valence-electron chi connectivity index (χ0n) is 14.5. The molecule has 8 heteroatoms. The maximum atomic E-state index is 12.8. The van der Waals surface area contributed by atoms with E-state index in [1.54, 1.807) is 41.1 Å². The van der Waals surface area contributed by atoms with Gasteiger partial charge in [0.2, 0.25) is 5.91 Å². The Morgan fingerprint density at radius 1 is 1.11 bits per heavy atom. The summed E-state index contributed by atoms with van der Waals surface area (Å²) in [6.07, 6.45) is 3.42. The number of imide groups is 1. The number of para-hydroxylation sites is 1. The highest BCUT2D eigenvalue weighted by Gasteiger charge is 2.36. The summed E-state index contributed by atoms with van der Waals surface area (Å²) in [6.45, 7) is 0.0284. The van der Waals surface area contributed by atoms with Crippen molar-refractivity contribution in [2.75, 3.05) is 4.90 Å². The number of rotatable bonds is 4. The molecule has 140 valence electrons. The minimum Gasteiger partial charge on any atom is -0.368 e. The molecule has 6 nitrogen and oxygen atoms in total. The van der Waals surface area contributed by atoms with Crippen LogP contribution in [0, 0.1) is 0 Å². The quantitative estimate of drug-likeness (QED) is 0.657. The first-order chi connectivity index (χ1) is 13.4. The molecule has 0 atom stereocenters. The summed E-state index contributed by atoms with van der Waals surface area (Å²) in [7, 11) is 0. The van der Waals surface area contributed by atoms with Crippen molar-refractivity contribution < 1.29 is 14.4 Å². The predicted octanol–water partition coefficient (Wildman–Crippen LogP) is 4.02. The number of hydrogen-bond donors (Lipinski definition) is 1. The minimum absolute atomic E-state index is 0.0284. The lowest BCUT2D eigenvalue weighted by Gasteiger charge is -2.12. The lowest BCUT2D eigenvalue weighted by Crippen LogP contribution is -2.27. The molecule has 28 heavy (non-hydrogen) atoms. The molecule has 0 aliphatic carbocycles. The van der Waals surface area contributed by atoms with E-state index in [-0.39, 0.29) is 11.8 Å². The summed E-state index contributed by atoms with van der Waals surface area (Å²) >= 11 is 6.75. The Balaban J connectivity index is 1.74. The molecule has 1 aliphatic heterocycles. The van der Waals surface area contributed by atoms with E-state index in [0.29, 0.717) is 15.6 Å². The van der Waals surface area contributed by atoms with Gasteiger partial charge < -0.3 is 10.3 Å². The number of carbonyl (C=O) groups is 3. The van der Waals surface area contributed by atoms with Gasteiger partial charge in [0, 0.05) is 27.7 Å². The number of nitrogens with two attached hydrogens (primary N) is 1. The van der Waals surface area contributed by atoms with Crippen molar-refractivity contribution in [1.82, 2.24) is 4.57 Å². The van der Waals surface area contributed by atoms with Crippen LogP contribution < -0.4 is 10.6 Å². The average Bonchev–Trinajstić information content (AvgIpc) is 3.13. The van der Waals surface area contributed by atoms with E-state index in [4.69, 9.17) is 17.3 Å². The van der Waals surface area contributed by atoms with Crippen LogP contribution in [0.4, 0.5) is 10.5 Å². The van der Waals surface area contributed by atoms with Gasteiger partial charge in [0.1, 0.15) is 6.54 Å². The first-order valence-corrected chi connectivity index (χ1v) is 9.53. The highest BCUT2D eigenvalue weighted by molar-refractivity contribution is 8.19. The van der Waals surface area contributed by atoms with Gasteiger partial charge in [-0.05, 0) is 48.2 Å². The predicted molar refractivity (Wildman–Crippen MR) is 111 cm³/mol. The van der Waals surface area contributed by atoms with E-state index in [1.807, 2.05) is 24.3 Å². The monoisotopic (exact) mass is 411 g/mol. The van der Waals surface area contributed by atoms with Crippen LogP contribution in [-0.2, 0) is 16.1 Å². The fourth-order valence-corrected chi connectivity index (χ4v) is 4.07. The number of anilines is 1. The molecular formula is C20H14ClN3O3S. The summed E-state index contributed by atoms with van der Waals surface area (Å²) in [5, 5.41) is 1.01. The number of thioether (sulfide) groups is 1. The van der Waals surface area contributed by atoms with Crippen LogP contribution >= 0.6 is 23.4 Å². The molecule has 3 aromatic rings. The molecule has 1 fully saturated rings. The number of carbonyl (C=O) groups excluding carboxylic acids is 3. The first kappa shape index (κ1) is 18.3. The van der Waals surface area contributed by atoms with E-state index in [1.165, 1.54) is 0 Å². The Kier molecular flexibility index (Phi) is 4.70. The molecular weight excluding hydrogens is 398 g/mol. The van der Waals surface area contributed by atoms with Crippen molar-refractivity contribution in [1.29, 1.82) is 0 Å². The van der Waals surface area contributed by atoms with Crippen molar-refractivity contribution in [2.45, 2.75) is 6.54 Å². The molecule has 4 rings (SSSR count). The largest absolute Gasteiger partial charge is 0.368 e. The van der Waals surface area contributed by atoms with Gasteiger partial charge in [0.05, 0.1) is 10.6 Å². The molecule has 0 bridgehead atoms. The Morgan fingerprint density at radius 3 is 2.54 bits per heavy atom. The SMILES string of the molecule is NC(=O)Cn1cc(/C=C2\SC(=O)N(c3ccc(Cl)cc3)C2=O)c2ccccc21. The molecule has 2 aromatic carbocycles. The van der Waals surface area contributed by atoms with Crippen LogP contribution in [0.1, 0.15) is 5.56 Å². The van der Waals surface area contributed by atoms with Crippen LogP contribution in [-0.4, -0.2) is 21.6 Å². The summed E-state index contributed by atoms with van der Waals surface area (Å²) in [4.78, 5) is 38.0. The van der Waals surface area contributed by atoms with Crippen molar-refractivity contribution in [3.8, 4) is 0 Å². The standard InChI is InChI=1S/C20H14ClN3O3S/c21-13-5-7-14(8-6-13)24-19(26)17(28-20(24)27)9-12-10-23(11-18(22)25)16-4-2-1-3-15(12)16/h1-10H,11H2,(H2,22,25)/b17-9-. The summed E-state index contributed by atoms with van der Waals surface area (Å²) in [5.74, 6) is -0.862.